The normalized spacial score (nSPS) is 26.2. The number of aromatic hydroxyl groups is 1. The van der Waals surface area contributed by atoms with Gasteiger partial charge in [0.1, 0.15) is 5.75 Å². The van der Waals surface area contributed by atoms with E-state index >= 15 is 9.18 Å². The molecule has 3 fully saturated rings. The second-order valence-corrected chi connectivity index (χ2v) is 14.6. The van der Waals surface area contributed by atoms with Gasteiger partial charge in [0, 0.05) is 10.9 Å². The number of carbonyl (C=O) groups is 4. The van der Waals surface area contributed by atoms with E-state index in [9.17, 15) is 19.5 Å². The fourth-order valence-electron chi connectivity index (χ4n) is 8.94. The van der Waals surface area contributed by atoms with Crippen LogP contribution in [0, 0.1) is 29.5 Å². The highest BCUT2D eigenvalue weighted by molar-refractivity contribution is 6.36. The summed E-state index contributed by atoms with van der Waals surface area (Å²) in [6.07, 6.45) is 3.76. The number of hydrogen-bond donors (Lipinski definition) is 2. The molecule has 53 heavy (non-hydrogen) atoms. The van der Waals surface area contributed by atoms with Crippen molar-refractivity contribution in [1.29, 1.82) is 0 Å². The smallest absolute Gasteiger partial charge is 0.260 e. The van der Waals surface area contributed by atoms with Crippen LogP contribution in [-0.2, 0) is 24.6 Å². The number of hydrazine groups is 1. The van der Waals surface area contributed by atoms with Crippen LogP contribution in [0.25, 0.3) is 6.08 Å². The number of fused-ring (bicyclic) bond motifs is 4. The highest BCUT2D eigenvalue weighted by atomic mass is 35.5. The fraction of sp³-hybridized carbons (Fsp3) is 0.220. The first-order valence-corrected chi connectivity index (χ1v) is 17.8. The average molecular weight is 753 g/mol. The Kier molecular flexibility index (Phi) is 8.42. The van der Waals surface area contributed by atoms with Crippen LogP contribution >= 0.6 is 23.2 Å². The molecule has 2 aliphatic heterocycles. The summed E-state index contributed by atoms with van der Waals surface area (Å²) in [5.41, 5.74) is 4.18. The van der Waals surface area contributed by atoms with Gasteiger partial charge in [-0.05, 0) is 90.0 Å². The van der Waals surface area contributed by atoms with E-state index in [4.69, 9.17) is 27.9 Å². The molecule has 268 valence electrons. The van der Waals surface area contributed by atoms with E-state index < -0.39 is 64.3 Å². The molecule has 2 N–H and O–H groups in total. The van der Waals surface area contributed by atoms with Crippen molar-refractivity contribution in [1.82, 2.24) is 5.01 Å². The highest BCUT2D eigenvalue weighted by Gasteiger charge is 2.70. The number of nitrogens with zero attached hydrogens (tertiary/aromatic N) is 2. The molecule has 2 saturated heterocycles. The van der Waals surface area contributed by atoms with Crippen LogP contribution < -0.4 is 15.1 Å². The van der Waals surface area contributed by atoms with Crippen LogP contribution in [0.4, 0.5) is 15.8 Å². The minimum absolute atomic E-state index is 0.0372. The average Bonchev–Trinajstić information content (AvgIpc) is 3.54. The molecule has 0 bridgehead atoms. The predicted octanol–water partition coefficient (Wildman–Crippen LogP) is 7.68. The first-order valence-electron chi connectivity index (χ1n) is 17.0. The zero-order chi connectivity index (χ0) is 37.3. The van der Waals surface area contributed by atoms with Gasteiger partial charge in [-0.2, -0.15) is 5.01 Å². The van der Waals surface area contributed by atoms with Crippen LogP contribution in [0.3, 0.4) is 0 Å². The van der Waals surface area contributed by atoms with Crippen molar-refractivity contribution in [2.24, 2.45) is 23.7 Å². The number of phenols is 1. The molecule has 2 aliphatic carbocycles. The zero-order valence-electron chi connectivity index (χ0n) is 28.3. The van der Waals surface area contributed by atoms with Crippen molar-refractivity contribution < 1.29 is 33.4 Å². The third-order valence-corrected chi connectivity index (χ3v) is 11.8. The Balaban J connectivity index is 1.32. The lowest BCUT2D eigenvalue weighted by Crippen LogP contribution is -2.53. The van der Waals surface area contributed by atoms with Crippen LogP contribution in [0.2, 0.25) is 10.0 Å². The van der Waals surface area contributed by atoms with Gasteiger partial charge in [-0.15, -0.1) is 0 Å². The van der Waals surface area contributed by atoms with E-state index in [1.165, 1.54) is 30.2 Å². The minimum Gasteiger partial charge on any atom is -0.505 e. The number of anilines is 2. The van der Waals surface area contributed by atoms with Crippen molar-refractivity contribution >= 4 is 64.3 Å². The molecule has 6 unspecified atom stereocenters. The monoisotopic (exact) mass is 751 g/mol. The zero-order valence-corrected chi connectivity index (χ0v) is 29.8. The number of nitrogens with one attached hydrogen (secondary N) is 1. The van der Waals surface area contributed by atoms with Crippen LogP contribution in [0.1, 0.15) is 35.4 Å². The lowest BCUT2D eigenvalue weighted by Gasteiger charge is -2.50. The maximum absolute atomic E-state index is 15.4. The van der Waals surface area contributed by atoms with Gasteiger partial charge in [0.05, 0.1) is 46.7 Å². The van der Waals surface area contributed by atoms with Gasteiger partial charge < -0.3 is 9.84 Å². The number of phenolic OH excluding ortho intramolecular Hbond substituents is 1. The van der Waals surface area contributed by atoms with E-state index in [1.807, 2.05) is 6.08 Å². The molecule has 4 amide bonds. The molecule has 1 saturated carbocycles. The summed E-state index contributed by atoms with van der Waals surface area (Å²) in [4.78, 5) is 59.8. The van der Waals surface area contributed by atoms with Crippen molar-refractivity contribution in [2.75, 3.05) is 17.4 Å². The van der Waals surface area contributed by atoms with Crippen LogP contribution in [-0.4, -0.2) is 40.9 Å². The third kappa shape index (κ3) is 5.18. The number of halogens is 3. The van der Waals surface area contributed by atoms with Gasteiger partial charge in [0.15, 0.2) is 11.6 Å². The molecule has 8 rings (SSSR count). The van der Waals surface area contributed by atoms with E-state index in [0.29, 0.717) is 33.2 Å². The Bertz CT molecular complexity index is 2260. The topological polar surface area (TPSA) is 116 Å². The predicted molar refractivity (Wildman–Crippen MR) is 198 cm³/mol. The number of ether oxygens (including phenoxy) is 1. The van der Waals surface area contributed by atoms with E-state index in [2.05, 4.69) is 12.0 Å². The molecule has 0 radical (unpaired) electrons. The number of hydrogen-bond acceptors (Lipinski definition) is 7. The minimum atomic E-state index is -1.67. The fourth-order valence-corrected chi connectivity index (χ4v) is 9.39. The summed E-state index contributed by atoms with van der Waals surface area (Å²) < 4.78 is 20.8. The second-order valence-electron chi connectivity index (χ2n) is 13.7. The summed E-state index contributed by atoms with van der Waals surface area (Å²) in [5, 5.41) is 11.7. The Morgan fingerprint density at radius 3 is 2.32 bits per heavy atom. The number of carbonyl (C=O) groups excluding carboxylic acids is 4. The van der Waals surface area contributed by atoms with Crippen molar-refractivity contribution in [3.05, 3.63) is 136 Å². The molecule has 0 aromatic heterocycles. The quantitative estimate of drug-likeness (QED) is 0.147. The van der Waals surface area contributed by atoms with Gasteiger partial charge >= 0.3 is 0 Å². The third-order valence-electron chi connectivity index (χ3n) is 11.3. The Labute approximate surface area is 314 Å². The summed E-state index contributed by atoms with van der Waals surface area (Å²) in [6.45, 7) is 3.78. The lowest BCUT2D eigenvalue weighted by atomic mass is 9.49. The van der Waals surface area contributed by atoms with Gasteiger partial charge in [0.25, 0.3) is 11.8 Å². The number of rotatable bonds is 7. The molecule has 12 heteroatoms. The van der Waals surface area contributed by atoms with Crippen LogP contribution in [0.5, 0.6) is 11.5 Å². The SMILES string of the molecule is C=Cc1ccc(N2C(=O)C3CC=C4C(CC5C(=O)N(Nc6ccc(Cl)cc6Cl)C(=O)C5(c5ccc(OC)cc5)C4c4ccc(O)c(F)c4)C3C2=O)cc1. The standard InChI is InChI=1S/C41H32Cl2FN3O6/c1-3-21-4-10-25(11-5-21)46-37(49)28-15-14-27-29(35(28)39(46)51)20-30-38(50)47(45-33-16-9-24(42)19-31(33)43)40(52)41(30,23-7-12-26(53-2)13-8-23)36(27)22-6-17-34(48)32(44)18-22/h3-14,16-19,28-30,35-36,45,48H,1,15,20H2,2H3. The van der Waals surface area contributed by atoms with Gasteiger partial charge in [0.2, 0.25) is 11.8 Å². The molecular weight excluding hydrogens is 720 g/mol. The van der Waals surface area contributed by atoms with Crippen molar-refractivity contribution in [3.63, 3.8) is 0 Å². The van der Waals surface area contributed by atoms with Gasteiger partial charge in [-0.25, -0.2) is 4.39 Å². The molecule has 6 atom stereocenters. The van der Waals surface area contributed by atoms with Gasteiger partial charge in [-0.1, -0.05) is 77.8 Å². The Hall–Kier alpha value is -5.45. The van der Waals surface area contributed by atoms with E-state index in [1.54, 1.807) is 66.7 Å². The van der Waals surface area contributed by atoms with E-state index in [0.717, 1.165) is 16.6 Å². The summed E-state index contributed by atoms with van der Waals surface area (Å²) in [6, 6.07) is 22.2. The largest absolute Gasteiger partial charge is 0.505 e. The molecule has 4 aliphatic rings. The highest BCUT2D eigenvalue weighted by Crippen LogP contribution is 2.64. The number of methoxy groups -OCH3 is 1. The first-order chi connectivity index (χ1) is 25.5. The van der Waals surface area contributed by atoms with Crippen molar-refractivity contribution in [2.45, 2.75) is 24.2 Å². The number of amides is 4. The lowest BCUT2D eigenvalue weighted by molar-refractivity contribution is -0.138. The molecule has 4 aromatic carbocycles. The maximum Gasteiger partial charge on any atom is 0.260 e. The molecular formula is C41H32Cl2FN3O6. The summed E-state index contributed by atoms with van der Waals surface area (Å²) in [5.74, 6) is -7.28. The molecule has 2 heterocycles. The first kappa shape index (κ1) is 34.6. The maximum atomic E-state index is 15.4. The van der Waals surface area contributed by atoms with Gasteiger partial charge in [-0.3, -0.25) is 29.5 Å². The van der Waals surface area contributed by atoms with E-state index in [-0.39, 0.29) is 29.5 Å². The number of imide groups is 2. The number of benzene rings is 4. The molecule has 9 nitrogen and oxygen atoms in total. The summed E-state index contributed by atoms with van der Waals surface area (Å²) in [7, 11) is 1.51. The molecule has 4 aromatic rings. The number of allylic oxidation sites excluding steroid dienone is 2. The Morgan fingerprint density at radius 2 is 1.66 bits per heavy atom. The summed E-state index contributed by atoms with van der Waals surface area (Å²) >= 11 is 12.6. The Morgan fingerprint density at radius 1 is 0.925 bits per heavy atom. The molecule has 0 spiro atoms. The van der Waals surface area contributed by atoms with Crippen molar-refractivity contribution in [3.8, 4) is 11.5 Å². The van der Waals surface area contributed by atoms with Crippen LogP contribution in [0.15, 0.2) is 103 Å². The second kappa shape index (κ2) is 12.9.